The molecule has 0 radical (unpaired) electrons. The molecule has 0 saturated carbocycles. The third-order valence-corrected chi connectivity index (χ3v) is 8.23. The van der Waals surface area contributed by atoms with Gasteiger partial charge in [-0.25, -0.2) is 12.8 Å². The lowest BCUT2D eigenvalue weighted by molar-refractivity contribution is -0.139. The van der Waals surface area contributed by atoms with Crippen molar-refractivity contribution >= 4 is 39.1 Å². The van der Waals surface area contributed by atoms with Gasteiger partial charge in [-0.3, -0.25) is 13.9 Å². The molecule has 10 heteroatoms. The van der Waals surface area contributed by atoms with Crippen LogP contribution in [0.5, 0.6) is 0 Å². The van der Waals surface area contributed by atoms with Crippen LogP contribution in [-0.4, -0.2) is 44.3 Å². The van der Waals surface area contributed by atoms with E-state index in [1.807, 2.05) is 6.92 Å². The molecule has 38 heavy (non-hydrogen) atoms. The van der Waals surface area contributed by atoms with Crippen LogP contribution >= 0.6 is 11.6 Å². The van der Waals surface area contributed by atoms with E-state index in [2.05, 4.69) is 5.32 Å². The Bertz CT molecular complexity index is 1370. The number of anilines is 1. The maximum atomic E-state index is 13.8. The maximum Gasteiger partial charge on any atom is 0.264 e. The van der Waals surface area contributed by atoms with Gasteiger partial charge in [0.2, 0.25) is 11.8 Å². The van der Waals surface area contributed by atoms with E-state index in [9.17, 15) is 22.4 Å². The number of carbonyl (C=O) groups excluding carboxylic acids is 2. The summed E-state index contributed by atoms with van der Waals surface area (Å²) in [7, 11) is -4.17. The van der Waals surface area contributed by atoms with Crippen LogP contribution in [0.4, 0.5) is 10.1 Å². The van der Waals surface area contributed by atoms with Crippen LogP contribution in [0.3, 0.4) is 0 Å². The number of rotatable bonds is 11. The van der Waals surface area contributed by atoms with E-state index >= 15 is 0 Å². The number of hydrogen-bond donors (Lipinski definition) is 1. The number of hydrogen-bond acceptors (Lipinski definition) is 4. The molecule has 202 valence electrons. The van der Waals surface area contributed by atoms with Gasteiger partial charge in [-0.1, -0.05) is 54.9 Å². The second kappa shape index (κ2) is 12.9. The molecule has 0 heterocycles. The van der Waals surface area contributed by atoms with Crippen molar-refractivity contribution in [1.29, 1.82) is 0 Å². The van der Waals surface area contributed by atoms with Crippen molar-refractivity contribution in [2.24, 2.45) is 0 Å². The lowest BCUT2D eigenvalue weighted by Gasteiger charge is -2.32. The first-order valence-corrected chi connectivity index (χ1v) is 14.0. The highest BCUT2D eigenvalue weighted by Gasteiger charge is 2.32. The molecule has 1 N–H and O–H groups in total. The first kappa shape index (κ1) is 29.1. The fourth-order valence-corrected chi connectivity index (χ4v) is 5.35. The molecule has 3 rings (SSSR count). The van der Waals surface area contributed by atoms with Crippen LogP contribution in [0.15, 0.2) is 77.7 Å². The summed E-state index contributed by atoms with van der Waals surface area (Å²) in [5, 5.41) is 3.12. The van der Waals surface area contributed by atoms with Crippen molar-refractivity contribution in [3.63, 3.8) is 0 Å². The lowest BCUT2D eigenvalue weighted by Crippen LogP contribution is -2.51. The van der Waals surface area contributed by atoms with Crippen LogP contribution in [0.2, 0.25) is 5.02 Å². The van der Waals surface area contributed by atoms with Gasteiger partial charge >= 0.3 is 0 Å². The zero-order chi connectivity index (χ0) is 27.9. The van der Waals surface area contributed by atoms with Crippen LogP contribution in [-0.2, 0) is 26.2 Å². The highest BCUT2D eigenvalue weighted by molar-refractivity contribution is 7.92. The van der Waals surface area contributed by atoms with E-state index in [0.29, 0.717) is 23.6 Å². The van der Waals surface area contributed by atoms with Gasteiger partial charge < -0.3 is 10.2 Å². The minimum atomic E-state index is -4.17. The van der Waals surface area contributed by atoms with E-state index in [1.54, 1.807) is 44.2 Å². The normalized spacial score (nSPS) is 12.0. The van der Waals surface area contributed by atoms with Gasteiger partial charge in [-0.05, 0) is 67.8 Å². The Balaban J connectivity index is 2.02. The topological polar surface area (TPSA) is 86.8 Å². The highest BCUT2D eigenvalue weighted by atomic mass is 35.5. The molecule has 0 spiro atoms. The summed E-state index contributed by atoms with van der Waals surface area (Å²) in [5.41, 5.74) is 1.55. The number of aryl methyl sites for hydroxylation is 1. The molecule has 1 atom stereocenters. The molecule has 0 fully saturated rings. The van der Waals surface area contributed by atoms with Gasteiger partial charge in [-0.2, -0.15) is 0 Å². The lowest BCUT2D eigenvalue weighted by atomic mass is 10.1. The maximum absolute atomic E-state index is 13.8. The van der Waals surface area contributed by atoms with Crippen molar-refractivity contribution in [1.82, 2.24) is 10.2 Å². The summed E-state index contributed by atoms with van der Waals surface area (Å²) >= 11 is 6.31. The number of benzene rings is 3. The van der Waals surface area contributed by atoms with Crippen molar-refractivity contribution in [2.45, 2.75) is 44.7 Å². The largest absolute Gasteiger partial charge is 0.354 e. The van der Waals surface area contributed by atoms with E-state index in [4.69, 9.17) is 11.6 Å². The van der Waals surface area contributed by atoms with E-state index in [0.717, 1.165) is 9.87 Å². The molecule has 0 saturated heterocycles. The SMILES string of the molecule is CCCNC(=O)[C@@H](C)N(Cc1ccc(F)cc1)C(=O)CN(c1ccc(C)c(Cl)c1)S(=O)(=O)c1ccccc1. The fourth-order valence-electron chi connectivity index (χ4n) is 3.75. The summed E-state index contributed by atoms with van der Waals surface area (Å²) in [5.74, 6) is -1.42. The first-order valence-electron chi connectivity index (χ1n) is 12.2. The number of nitrogens with zero attached hydrogens (tertiary/aromatic N) is 2. The molecule has 0 aliphatic heterocycles. The Morgan fingerprint density at radius 1 is 1.03 bits per heavy atom. The second-order valence-corrected chi connectivity index (χ2v) is 11.1. The summed E-state index contributed by atoms with van der Waals surface area (Å²) in [6, 6.07) is 17.2. The Kier molecular flexibility index (Phi) is 9.88. The molecular formula is C28H31ClFN3O4S. The van der Waals surface area contributed by atoms with Gasteiger partial charge in [0.05, 0.1) is 10.6 Å². The summed E-state index contributed by atoms with van der Waals surface area (Å²) in [6.07, 6.45) is 0.710. The molecule has 3 aromatic rings. The second-order valence-electron chi connectivity index (χ2n) is 8.87. The monoisotopic (exact) mass is 559 g/mol. The number of nitrogens with one attached hydrogen (secondary N) is 1. The average molecular weight is 560 g/mol. The number of amides is 2. The predicted octanol–water partition coefficient (Wildman–Crippen LogP) is 4.93. The molecule has 0 aromatic heterocycles. The molecule has 0 aliphatic carbocycles. The molecular weight excluding hydrogens is 529 g/mol. The van der Waals surface area contributed by atoms with Crippen LogP contribution in [0.1, 0.15) is 31.4 Å². The Labute approximate surface area is 228 Å². The molecule has 0 unspecified atom stereocenters. The van der Waals surface area contributed by atoms with E-state index in [1.165, 1.54) is 47.4 Å². The van der Waals surface area contributed by atoms with Gasteiger partial charge in [0.25, 0.3) is 10.0 Å². The van der Waals surface area contributed by atoms with Gasteiger partial charge in [0.1, 0.15) is 18.4 Å². The predicted molar refractivity (Wildman–Crippen MR) is 147 cm³/mol. The summed E-state index contributed by atoms with van der Waals surface area (Å²) < 4.78 is 41.9. The zero-order valence-corrected chi connectivity index (χ0v) is 23.1. The molecule has 3 aromatic carbocycles. The Hall–Kier alpha value is -3.43. The van der Waals surface area contributed by atoms with Gasteiger partial charge in [-0.15, -0.1) is 0 Å². The minimum absolute atomic E-state index is 0.00307. The Morgan fingerprint density at radius 2 is 1.68 bits per heavy atom. The number of sulfonamides is 1. The zero-order valence-electron chi connectivity index (χ0n) is 21.5. The highest BCUT2D eigenvalue weighted by Crippen LogP contribution is 2.28. The van der Waals surface area contributed by atoms with Crippen molar-refractivity contribution in [2.75, 3.05) is 17.4 Å². The van der Waals surface area contributed by atoms with E-state index in [-0.39, 0.29) is 23.0 Å². The van der Waals surface area contributed by atoms with Gasteiger partial charge in [0.15, 0.2) is 0 Å². The number of halogens is 2. The quantitative estimate of drug-likeness (QED) is 0.361. The van der Waals surface area contributed by atoms with Gasteiger partial charge in [0, 0.05) is 18.1 Å². The average Bonchev–Trinajstić information content (AvgIpc) is 2.91. The molecule has 2 amide bonds. The van der Waals surface area contributed by atoms with E-state index < -0.39 is 34.3 Å². The molecule has 7 nitrogen and oxygen atoms in total. The van der Waals surface area contributed by atoms with Crippen LogP contribution in [0.25, 0.3) is 0 Å². The van der Waals surface area contributed by atoms with Crippen LogP contribution in [0, 0.1) is 12.7 Å². The standard InChI is InChI=1S/C28H31ClFN3O4S/c1-4-16-31-28(35)21(3)32(18-22-11-13-23(30)14-12-22)27(34)19-33(24-15-10-20(2)26(29)17-24)38(36,37)25-8-6-5-7-9-25/h5-15,17,21H,4,16,18-19H2,1-3H3,(H,31,35)/t21-/m1/s1. The fraction of sp³-hybridized carbons (Fsp3) is 0.286. The third kappa shape index (κ3) is 7.11. The third-order valence-electron chi connectivity index (χ3n) is 6.04. The summed E-state index contributed by atoms with van der Waals surface area (Å²) in [6.45, 7) is 5.10. The van der Waals surface area contributed by atoms with Crippen molar-refractivity contribution in [3.8, 4) is 0 Å². The van der Waals surface area contributed by atoms with Crippen molar-refractivity contribution in [3.05, 3.63) is 94.8 Å². The minimum Gasteiger partial charge on any atom is -0.354 e. The smallest absolute Gasteiger partial charge is 0.264 e. The molecule has 0 aliphatic rings. The Morgan fingerprint density at radius 3 is 2.29 bits per heavy atom. The number of carbonyl (C=O) groups is 2. The molecule has 0 bridgehead atoms. The van der Waals surface area contributed by atoms with Crippen LogP contribution < -0.4 is 9.62 Å². The van der Waals surface area contributed by atoms with Crippen molar-refractivity contribution < 1.29 is 22.4 Å². The summed E-state index contributed by atoms with van der Waals surface area (Å²) in [4.78, 5) is 27.9. The first-order chi connectivity index (χ1) is 18.0.